The van der Waals surface area contributed by atoms with Crippen LogP contribution >= 0.6 is 11.8 Å². The van der Waals surface area contributed by atoms with Crippen LogP contribution in [0.2, 0.25) is 0 Å². The van der Waals surface area contributed by atoms with Crippen LogP contribution in [0.3, 0.4) is 0 Å². The Bertz CT molecular complexity index is 1430. The molecular weight excluding hydrogens is 591 g/mol. The quantitative estimate of drug-likeness (QED) is 0.148. The number of hydrogen-bond donors (Lipinski definition) is 0. The van der Waals surface area contributed by atoms with Crippen molar-refractivity contribution in [2.75, 3.05) is 24.8 Å². The molecule has 1 fully saturated rings. The molecule has 1 saturated heterocycles. The van der Waals surface area contributed by atoms with E-state index in [0.29, 0.717) is 18.0 Å². The average Bonchev–Trinajstić information content (AvgIpc) is 3.31. The van der Waals surface area contributed by atoms with E-state index in [-0.39, 0.29) is 19.3 Å². The molecule has 0 saturated carbocycles. The first-order valence-corrected chi connectivity index (χ1v) is 15.4. The highest BCUT2D eigenvalue weighted by Crippen LogP contribution is 2.44. The van der Waals surface area contributed by atoms with Gasteiger partial charge in [-0.25, -0.2) is 14.6 Å². The maximum absolute atomic E-state index is 13.8. The summed E-state index contributed by atoms with van der Waals surface area (Å²) >= 11 is 1.52. The second-order valence-electron chi connectivity index (χ2n) is 11.0. The van der Waals surface area contributed by atoms with Gasteiger partial charge in [0.05, 0.1) is 24.5 Å². The van der Waals surface area contributed by atoms with Gasteiger partial charge in [-0.2, -0.15) is 18.2 Å². The average molecular weight is 630 g/mol. The van der Waals surface area contributed by atoms with Crippen LogP contribution in [0.5, 0.6) is 5.75 Å². The second kappa shape index (κ2) is 13.9. The van der Waals surface area contributed by atoms with Crippen molar-refractivity contribution in [1.82, 2.24) is 9.91 Å². The molecule has 3 aromatic carbocycles. The molecule has 11 heteroatoms. The molecule has 236 valence electrons. The van der Waals surface area contributed by atoms with E-state index < -0.39 is 28.7 Å². The lowest BCUT2D eigenvalue weighted by atomic mass is 10.1. The Balaban J connectivity index is 1.70. The van der Waals surface area contributed by atoms with Crippen molar-refractivity contribution in [2.24, 2.45) is 0 Å². The summed E-state index contributed by atoms with van der Waals surface area (Å²) in [6, 6.07) is 19.6. The fourth-order valence-corrected chi connectivity index (χ4v) is 5.99. The summed E-state index contributed by atoms with van der Waals surface area (Å²) < 4.78 is 51.1. The van der Waals surface area contributed by atoms with E-state index in [1.54, 1.807) is 31.7 Å². The number of carbonyl (C=O) groups is 2. The van der Waals surface area contributed by atoms with Crippen molar-refractivity contribution in [3.8, 4) is 5.75 Å². The molecule has 1 aliphatic rings. The molecule has 4 rings (SSSR count). The van der Waals surface area contributed by atoms with Gasteiger partial charge in [0, 0.05) is 11.4 Å². The van der Waals surface area contributed by atoms with Crippen molar-refractivity contribution >= 4 is 29.4 Å². The number of carbonyl (C=O) groups excluding carboxylic acids is 2. The van der Waals surface area contributed by atoms with Crippen molar-refractivity contribution < 1.29 is 32.2 Å². The summed E-state index contributed by atoms with van der Waals surface area (Å²) in [7, 11) is 0. The fourth-order valence-electron chi connectivity index (χ4n) is 4.78. The SMILES string of the molecule is CCCCN1CN(C(Sc2ccc(OC(C)(C)C(=O)OCC)cc2C)c2ccccc2)N(c2ccc(C(F)(F)F)cc2)C1=O. The summed E-state index contributed by atoms with van der Waals surface area (Å²) in [5, 5.41) is 2.97. The molecule has 7 nitrogen and oxygen atoms in total. The molecule has 2 amide bonds. The number of anilines is 1. The Hall–Kier alpha value is -3.70. The van der Waals surface area contributed by atoms with Crippen LogP contribution in [0.25, 0.3) is 0 Å². The van der Waals surface area contributed by atoms with Gasteiger partial charge in [-0.15, -0.1) is 0 Å². The Morgan fingerprint density at radius 3 is 2.27 bits per heavy atom. The molecule has 0 spiro atoms. The van der Waals surface area contributed by atoms with Crippen LogP contribution in [-0.2, 0) is 15.7 Å². The fraction of sp³-hybridized carbons (Fsp3) is 0.394. The summed E-state index contributed by atoms with van der Waals surface area (Å²) in [4.78, 5) is 28.7. The van der Waals surface area contributed by atoms with E-state index in [9.17, 15) is 22.8 Å². The van der Waals surface area contributed by atoms with E-state index in [1.807, 2.05) is 61.3 Å². The normalized spacial score (nSPS) is 15.0. The number of unbranched alkanes of at least 4 members (excludes halogenated alkanes) is 1. The minimum Gasteiger partial charge on any atom is -0.476 e. The number of benzene rings is 3. The standard InChI is InChI=1S/C33H38F3N3O4S/c1-6-8-20-37-22-38(39(31(37)41)26-16-14-25(15-17-26)33(34,35)36)29(24-12-10-9-11-13-24)44-28-19-18-27(21-23(28)3)43-32(4,5)30(40)42-7-2/h9-19,21,29H,6-8,20,22H2,1-5H3. The Morgan fingerprint density at radius 2 is 1.68 bits per heavy atom. The van der Waals surface area contributed by atoms with Gasteiger partial charge in [0.1, 0.15) is 11.1 Å². The van der Waals surface area contributed by atoms with Crippen LogP contribution in [0.4, 0.5) is 23.7 Å². The third-order valence-electron chi connectivity index (χ3n) is 7.13. The van der Waals surface area contributed by atoms with E-state index in [1.165, 1.54) is 28.9 Å². The number of thioether (sulfide) groups is 1. The zero-order valence-electron chi connectivity index (χ0n) is 25.6. The third kappa shape index (κ3) is 7.68. The number of amides is 2. The van der Waals surface area contributed by atoms with Gasteiger partial charge >= 0.3 is 18.2 Å². The Kier molecular flexibility index (Phi) is 10.5. The van der Waals surface area contributed by atoms with Gasteiger partial charge in [0.25, 0.3) is 0 Å². The van der Waals surface area contributed by atoms with Crippen LogP contribution in [0.15, 0.2) is 77.7 Å². The number of alkyl halides is 3. The molecule has 0 radical (unpaired) electrons. The summed E-state index contributed by atoms with van der Waals surface area (Å²) in [5.41, 5.74) is 0.208. The first-order chi connectivity index (χ1) is 20.9. The largest absolute Gasteiger partial charge is 0.476 e. The molecule has 0 bridgehead atoms. The number of urea groups is 1. The van der Waals surface area contributed by atoms with Crippen molar-refractivity contribution in [1.29, 1.82) is 0 Å². The predicted molar refractivity (Wildman–Crippen MR) is 165 cm³/mol. The number of nitrogens with zero attached hydrogens (tertiary/aromatic N) is 3. The van der Waals surface area contributed by atoms with Crippen molar-refractivity contribution in [2.45, 2.75) is 69.5 Å². The number of halogens is 3. The van der Waals surface area contributed by atoms with Gasteiger partial charge in [-0.1, -0.05) is 55.4 Å². The third-order valence-corrected chi connectivity index (χ3v) is 8.58. The van der Waals surface area contributed by atoms with Gasteiger partial charge in [-0.3, -0.25) is 0 Å². The maximum Gasteiger partial charge on any atom is 0.416 e. The number of ether oxygens (including phenoxy) is 2. The van der Waals surface area contributed by atoms with E-state index >= 15 is 0 Å². The van der Waals surface area contributed by atoms with Crippen molar-refractivity contribution in [3.63, 3.8) is 0 Å². The monoisotopic (exact) mass is 629 g/mol. The molecule has 0 aromatic heterocycles. The molecule has 0 aliphatic carbocycles. The van der Waals surface area contributed by atoms with Crippen molar-refractivity contribution in [3.05, 3.63) is 89.5 Å². The van der Waals surface area contributed by atoms with E-state index in [0.717, 1.165) is 41.0 Å². The molecule has 1 aliphatic heterocycles. The lowest BCUT2D eigenvalue weighted by Crippen LogP contribution is -2.40. The molecule has 3 aromatic rings. The highest BCUT2D eigenvalue weighted by atomic mass is 32.2. The highest BCUT2D eigenvalue weighted by molar-refractivity contribution is 7.99. The smallest absolute Gasteiger partial charge is 0.416 e. The zero-order chi connectivity index (χ0) is 32.1. The minimum atomic E-state index is -4.48. The summed E-state index contributed by atoms with van der Waals surface area (Å²) in [6.45, 7) is 10.1. The molecule has 1 heterocycles. The van der Waals surface area contributed by atoms with Gasteiger partial charge in [0.2, 0.25) is 0 Å². The maximum atomic E-state index is 13.8. The number of hydrogen-bond acceptors (Lipinski definition) is 6. The van der Waals surface area contributed by atoms with Crippen LogP contribution in [-0.4, -0.2) is 47.3 Å². The Labute approximate surface area is 260 Å². The van der Waals surface area contributed by atoms with Gasteiger partial charge in [-0.05, 0) is 87.7 Å². The van der Waals surface area contributed by atoms with E-state index in [4.69, 9.17) is 9.47 Å². The molecular formula is C33H38F3N3O4S. The number of hydrazine groups is 1. The number of rotatable bonds is 12. The van der Waals surface area contributed by atoms with Crippen LogP contribution in [0, 0.1) is 6.92 Å². The van der Waals surface area contributed by atoms with Gasteiger partial charge < -0.3 is 14.4 Å². The molecule has 44 heavy (non-hydrogen) atoms. The highest BCUT2D eigenvalue weighted by Gasteiger charge is 2.42. The lowest BCUT2D eigenvalue weighted by Gasteiger charge is -2.33. The van der Waals surface area contributed by atoms with Crippen LogP contribution < -0.4 is 9.75 Å². The molecule has 1 atom stereocenters. The molecule has 1 unspecified atom stereocenters. The second-order valence-corrected chi connectivity index (χ2v) is 12.1. The summed E-state index contributed by atoms with van der Waals surface area (Å²) in [5.74, 6) is 0.0459. The first-order valence-electron chi connectivity index (χ1n) is 14.6. The first kappa shape index (κ1) is 33.2. The van der Waals surface area contributed by atoms with Gasteiger partial charge in [0.15, 0.2) is 5.60 Å². The molecule has 0 N–H and O–H groups in total. The number of esters is 1. The predicted octanol–water partition coefficient (Wildman–Crippen LogP) is 8.44. The number of aryl methyl sites for hydroxylation is 1. The summed E-state index contributed by atoms with van der Waals surface area (Å²) in [6.07, 6.45) is -2.80. The van der Waals surface area contributed by atoms with Crippen LogP contribution in [0.1, 0.15) is 62.6 Å². The topological polar surface area (TPSA) is 62.3 Å². The van der Waals surface area contributed by atoms with E-state index in [2.05, 4.69) is 0 Å². The zero-order valence-corrected chi connectivity index (χ0v) is 26.4. The lowest BCUT2D eigenvalue weighted by molar-refractivity contribution is -0.158. The Morgan fingerprint density at radius 1 is 1.00 bits per heavy atom. The minimum absolute atomic E-state index is 0.249.